The number of hydrogen-bond donors (Lipinski definition) is 3. The van der Waals surface area contributed by atoms with Crippen LogP contribution in [0, 0.1) is 5.92 Å². The van der Waals surface area contributed by atoms with Gasteiger partial charge in [0.05, 0.1) is 21.3 Å². The molecule has 2 heterocycles. The molecule has 0 spiro atoms. The van der Waals surface area contributed by atoms with Crippen molar-refractivity contribution in [1.82, 2.24) is 10.9 Å². The first kappa shape index (κ1) is 21.1. The molecule has 0 unspecified atom stereocenters. The summed E-state index contributed by atoms with van der Waals surface area (Å²) < 4.78 is 34.0. The van der Waals surface area contributed by atoms with Crippen molar-refractivity contribution < 1.29 is 28.4 Å². The van der Waals surface area contributed by atoms with E-state index in [0.29, 0.717) is 34.5 Å². The average Bonchev–Trinajstić information content (AvgIpc) is 3.22. The van der Waals surface area contributed by atoms with Gasteiger partial charge in [0.2, 0.25) is 12.5 Å². The fourth-order valence-corrected chi connectivity index (χ4v) is 4.11. The summed E-state index contributed by atoms with van der Waals surface area (Å²) in [6.45, 7) is 2.24. The van der Waals surface area contributed by atoms with Gasteiger partial charge in [0.25, 0.3) is 0 Å². The zero-order valence-corrected chi connectivity index (χ0v) is 18.5. The molecule has 3 atom stereocenters. The van der Waals surface area contributed by atoms with Gasteiger partial charge in [0.1, 0.15) is 5.75 Å². The largest absolute Gasteiger partial charge is 0.493 e. The van der Waals surface area contributed by atoms with E-state index in [2.05, 4.69) is 17.8 Å². The summed E-state index contributed by atoms with van der Waals surface area (Å²) in [4.78, 5) is 0. The molecule has 2 aromatic carbocycles. The van der Waals surface area contributed by atoms with Gasteiger partial charge in [-0.25, -0.2) is 0 Å². The Morgan fingerprint density at radius 1 is 1.00 bits per heavy atom. The molecule has 0 saturated heterocycles. The molecule has 2 aliphatic heterocycles. The molecule has 4 N–H and O–H groups in total. The number of fused-ring (bicyclic) bond motifs is 2. The lowest BCUT2D eigenvalue weighted by molar-refractivity contribution is 0.0725. The normalized spacial score (nSPS) is 21.0. The lowest BCUT2D eigenvalue weighted by Crippen LogP contribution is -2.54. The third kappa shape index (κ3) is 3.84. The molecule has 0 bridgehead atoms. The number of nitrogens with two attached hydrogens (primary N) is 1. The SMILES string of the molecule is COc1cc([C@H]2c3cc4c(cc3O[C@H](NNC(N)=S)[C@H]2C)OCO4)cc(OC)c1OC. The third-order valence-electron chi connectivity index (χ3n) is 5.48. The fraction of sp³-hybridized carbons (Fsp3) is 0.381. The van der Waals surface area contributed by atoms with Crippen LogP contribution in [-0.4, -0.2) is 39.5 Å². The van der Waals surface area contributed by atoms with Crippen LogP contribution in [0.3, 0.4) is 0 Å². The van der Waals surface area contributed by atoms with Gasteiger partial charge in [-0.1, -0.05) is 6.92 Å². The van der Waals surface area contributed by atoms with Gasteiger partial charge in [-0.05, 0) is 36.0 Å². The Kier molecular flexibility index (Phi) is 5.84. The van der Waals surface area contributed by atoms with E-state index >= 15 is 0 Å². The molecule has 0 fully saturated rings. The van der Waals surface area contributed by atoms with E-state index < -0.39 is 6.23 Å². The van der Waals surface area contributed by atoms with Gasteiger partial charge in [0.15, 0.2) is 34.3 Å². The van der Waals surface area contributed by atoms with E-state index in [9.17, 15) is 0 Å². The topological polar surface area (TPSA) is 105 Å². The van der Waals surface area contributed by atoms with Gasteiger partial charge in [-0.15, -0.1) is 0 Å². The van der Waals surface area contributed by atoms with Crippen molar-refractivity contribution >= 4 is 17.3 Å². The van der Waals surface area contributed by atoms with Crippen molar-refractivity contribution in [2.75, 3.05) is 28.1 Å². The first-order chi connectivity index (χ1) is 15.0. The quantitative estimate of drug-likeness (QED) is 0.451. The van der Waals surface area contributed by atoms with Crippen LogP contribution in [-0.2, 0) is 0 Å². The minimum atomic E-state index is -0.432. The fourth-order valence-electron chi connectivity index (χ4n) is 4.05. The molecule has 166 valence electrons. The smallest absolute Gasteiger partial charge is 0.231 e. The molecule has 0 radical (unpaired) electrons. The molecule has 2 aromatic rings. The second-order valence-electron chi connectivity index (χ2n) is 7.21. The Morgan fingerprint density at radius 3 is 2.23 bits per heavy atom. The maximum Gasteiger partial charge on any atom is 0.231 e. The summed E-state index contributed by atoms with van der Waals surface area (Å²) in [7, 11) is 4.77. The van der Waals surface area contributed by atoms with E-state index in [4.69, 9.17) is 46.4 Å². The van der Waals surface area contributed by atoms with Crippen LogP contribution in [0.15, 0.2) is 24.3 Å². The number of nitrogens with one attached hydrogen (secondary N) is 2. The van der Waals surface area contributed by atoms with Crippen molar-refractivity contribution in [3.05, 3.63) is 35.4 Å². The third-order valence-corrected chi connectivity index (χ3v) is 5.58. The van der Waals surface area contributed by atoms with Crippen LogP contribution in [0.4, 0.5) is 0 Å². The molecule has 31 heavy (non-hydrogen) atoms. The predicted octanol–water partition coefficient (Wildman–Crippen LogP) is 2.27. The van der Waals surface area contributed by atoms with Gasteiger partial charge < -0.3 is 34.2 Å². The molecule has 0 saturated carbocycles. The van der Waals surface area contributed by atoms with Crippen LogP contribution in [0.5, 0.6) is 34.5 Å². The number of ether oxygens (including phenoxy) is 6. The standard InChI is InChI=1S/C21H25N3O6S/c1-10-18(11-5-16(25-2)19(27-4)17(6-11)26-3)12-7-14-15(29-9-28-14)8-13(12)30-20(10)23-24-21(22)31/h5-8,10,18,20,23H,9H2,1-4H3,(H3,22,24,31)/t10-,18-,20-/m0/s1. The van der Waals surface area contributed by atoms with Crippen LogP contribution in [0.2, 0.25) is 0 Å². The monoisotopic (exact) mass is 447 g/mol. The average molecular weight is 448 g/mol. The molecular formula is C21H25N3O6S. The van der Waals surface area contributed by atoms with Gasteiger partial charge in [-0.3, -0.25) is 5.43 Å². The van der Waals surface area contributed by atoms with E-state index in [0.717, 1.165) is 11.1 Å². The lowest BCUT2D eigenvalue weighted by atomic mass is 9.78. The van der Waals surface area contributed by atoms with Crippen molar-refractivity contribution in [3.8, 4) is 34.5 Å². The second kappa shape index (κ2) is 8.56. The zero-order valence-electron chi connectivity index (χ0n) is 17.7. The first-order valence-electron chi connectivity index (χ1n) is 9.67. The summed E-state index contributed by atoms with van der Waals surface area (Å²) in [6, 6.07) is 7.68. The van der Waals surface area contributed by atoms with E-state index in [1.54, 1.807) is 21.3 Å². The Hall–Kier alpha value is -3.11. The number of methoxy groups -OCH3 is 3. The molecular weight excluding hydrogens is 422 g/mol. The Labute approximate surface area is 185 Å². The molecule has 0 aromatic heterocycles. The summed E-state index contributed by atoms with van der Waals surface area (Å²) in [6.07, 6.45) is -0.432. The molecule has 0 amide bonds. The highest BCUT2D eigenvalue weighted by atomic mass is 32.1. The lowest BCUT2D eigenvalue weighted by Gasteiger charge is -2.38. The minimum Gasteiger partial charge on any atom is -0.493 e. The minimum absolute atomic E-state index is 0.0440. The molecule has 0 aliphatic carbocycles. The number of rotatable bonds is 6. The highest BCUT2D eigenvalue weighted by Crippen LogP contribution is 2.51. The molecule has 4 rings (SSSR count). The number of thiocarbonyl (C=S) groups is 1. The summed E-state index contributed by atoms with van der Waals surface area (Å²) >= 11 is 4.93. The predicted molar refractivity (Wildman–Crippen MR) is 117 cm³/mol. The zero-order chi connectivity index (χ0) is 22.1. The Morgan fingerprint density at radius 2 is 1.65 bits per heavy atom. The summed E-state index contributed by atoms with van der Waals surface area (Å²) in [5.41, 5.74) is 13.4. The maximum absolute atomic E-state index is 6.22. The Bertz CT molecular complexity index is 976. The second-order valence-corrected chi connectivity index (χ2v) is 7.65. The Balaban J connectivity index is 1.84. The summed E-state index contributed by atoms with van der Waals surface area (Å²) in [5, 5.41) is 0.122. The van der Waals surface area contributed by atoms with Crippen molar-refractivity contribution in [3.63, 3.8) is 0 Å². The van der Waals surface area contributed by atoms with Gasteiger partial charge >= 0.3 is 0 Å². The van der Waals surface area contributed by atoms with Crippen LogP contribution in [0.25, 0.3) is 0 Å². The first-order valence-corrected chi connectivity index (χ1v) is 10.1. The van der Waals surface area contributed by atoms with Crippen LogP contribution in [0.1, 0.15) is 24.0 Å². The highest BCUT2D eigenvalue weighted by molar-refractivity contribution is 7.80. The van der Waals surface area contributed by atoms with Crippen molar-refractivity contribution in [2.45, 2.75) is 19.1 Å². The van der Waals surface area contributed by atoms with Crippen molar-refractivity contribution in [2.24, 2.45) is 11.7 Å². The number of benzene rings is 2. The number of hydrazine groups is 1. The molecule has 9 nitrogen and oxygen atoms in total. The molecule has 10 heteroatoms. The maximum atomic E-state index is 6.22. The van der Waals surface area contributed by atoms with Crippen LogP contribution >= 0.6 is 12.2 Å². The number of hydrogen-bond acceptors (Lipinski definition) is 8. The summed E-state index contributed by atoms with van der Waals surface area (Å²) in [5.74, 6) is 3.52. The van der Waals surface area contributed by atoms with E-state index in [1.807, 2.05) is 24.3 Å². The highest BCUT2D eigenvalue weighted by Gasteiger charge is 2.39. The van der Waals surface area contributed by atoms with Crippen molar-refractivity contribution in [1.29, 1.82) is 0 Å². The van der Waals surface area contributed by atoms with E-state index in [1.165, 1.54) is 0 Å². The molecule has 2 aliphatic rings. The van der Waals surface area contributed by atoms with Gasteiger partial charge in [-0.2, -0.15) is 5.43 Å². The van der Waals surface area contributed by atoms with Gasteiger partial charge in [0, 0.05) is 23.5 Å². The van der Waals surface area contributed by atoms with Crippen LogP contribution < -0.4 is 45.0 Å². The van der Waals surface area contributed by atoms with E-state index in [-0.39, 0.29) is 23.7 Å².